The fraction of sp³-hybridized carbons (Fsp3) is 0.611. The van der Waals surface area contributed by atoms with Crippen molar-refractivity contribution in [2.75, 3.05) is 31.6 Å². The predicted molar refractivity (Wildman–Crippen MR) is 99.9 cm³/mol. The van der Waals surface area contributed by atoms with Crippen molar-refractivity contribution in [2.24, 2.45) is 5.92 Å². The molecule has 0 saturated carbocycles. The number of nitrogens with one attached hydrogen (secondary N) is 2. The molecule has 0 aliphatic carbocycles. The summed E-state index contributed by atoms with van der Waals surface area (Å²) in [6.45, 7) is 7.09. The number of rotatable bonds is 8. The number of carbonyl (C=O) groups is 1. The standard InChI is InChI=1S/C18H27BrN2O3/c1-3-23-16-11-14(19)15(12-17(16)24-4-2)21-18(22)6-5-13-7-9-20-10-8-13/h11-13,20H,3-10H2,1-2H3,(H,21,22). The highest BCUT2D eigenvalue weighted by molar-refractivity contribution is 9.10. The number of hydrogen-bond acceptors (Lipinski definition) is 4. The Morgan fingerprint density at radius 2 is 1.83 bits per heavy atom. The largest absolute Gasteiger partial charge is 0.490 e. The van der Waals surface area contributed by atoms with Gasteiger partial charge in [0, 0.05) is 23.0 Å². The second-order valence-corrected chi connectivity index (χ2v) is 6.78. The van der Waals surface area contributed by atoms with E-state index in [1.165, 1.54) is 0 Å². The van der Waals surface area contributed by atoms with Gasteiger partial charge in [0.2, 0.25) is 5.91 Å². The second kappa shape index (κ2) is 9.89. The van der Waals surface area contributed by atoms with Gasteiger partial charge in [-0.15, -0.1) is 0 Å². The average Bonchev–Trinajstić information content (AvgIpc) is 2.58. The molecule has 5 nitrogen and oxygen atoms in total. The molecular weight excluding hydrogens is 372 g/mol. The van der Waals surface area contributed by atoms with Crippen LogP contribution in [0.1, 0.15) is 39.5 Å². The summed E-state index contributed by atoms with van der Waals surface area (Å²) in [7, 11) is 0. The van der Waals surface area contributed by atoms with Crippen LogP contribution in [0.4, 0.5) is 5.69 Å². The Hall–Kier alpha value is -1.27. The van der Waals surface area contributed by atoms with Gasteiger partial charge in [0.25, 0.3) is 0 Å². The summed E-state index contributed by atoms with van der Waals surface area (Å²) >= 11 is 3.50. The Balaban J connectivity index is 1.96. The van der Waals surface area contributed by atoms with Gasteiger partial charge in [-0.25, -0.2) is 0 Å². The maximum absolute atomic E-state index is 12.3. The first-order valence-corrected chi connectivity index (χ1v) is 9.53. The summed E-state index contributed by atoms with van der Waals surface area (Å²) in [4.78, 5) is 12.3. The summed E-state index contributed by atoms with van der Waals surface area (Å²) in [6.07, 6.45) is 3.82. The number of ether oxygens (including phenoxy) is 2. The lowest BCUT2D eigenvalue weighted by molar-refractivity contribution is -0.116. The van der Waals surface area contributed by atoms with Crippen molar-refractivity contribution in [3.05, 3.63) is 16.6 Å². The van der Waals surface area contributed by atoms with E-state index in [4.69, 9.17) is 9.47 Å². The third kappa shape index (κ3) is 5.67. The molecule has 1 aliphatic rings. The fourth-order valence-electron chi connectivity index (χ4n) is 2.89. The van der Waals surface area contributed by atoms with Gasteiger partial charge >= 0.3 is 0 Å². The predicted octanol–water partition coefficient (Wildman–Crippen LogP) is 3.96. The van der Waals surface area contributed by atoms with E-state index >= 15 is 0 Å². The Kier molecular flexibility index (Phi) is 7.85. The van der Waals surface area contributed by atoms with Crippen molar-refractivity contribution in [3.63, 3.8) is 0 Å². The van der Waals surface area contributed by atoms with E-state index in [1.807, 2.05) is 26.0 Å². The van der Waals surface area contributed by atoms with Crippen molar-refractivity contribution >= 4 is 27.5 Å². The van der Waals surface area contributed by atoms with E-state index in [0.29, 0.717) is 37.1 Å². The number of piperidine rings is 1. The highest BCUT2D eigenvalue weighted by Gasteiger charge is 2.16. The fourth-order valence-corrected chi connectivity index (χ4v) is 3.31. The van der Waals surface area contributed by atoms with Crippen LogP contribution in [0.25, 0.3) is 0 Å². The molecule has 1 amide bonds. The zero-order chi connectivity index (χ0) is 17.4. The first kappa shape index (κ1) is 19.1. The van der Waals surface area contributed by atoms with Crippen LogP contribution < -0.4 is 20.1 Å². The molecule has 134 valence electrons. The van der Waals surface area contributed by atoms with Gasteiger partial charge in [0.15, 0.2) is 11.5 Å². The summed E-state index contributed by atoms with van der Waals surface area (Å²) in [5.74, 6) is 2.02. The minimum atomic E-state index is 0.0424. The molecule has 0 spiro atoms. The van der Waals surface area contributed by atoms with E-state index in [-0.39, 0.29) is 5.91 Å². The van der Waals surface area contributed by atoms with E-state index in [1.54, 1.807) is 0 Å². The molecule has 1 aromatic carbocycles. The van der Waals surface area contributed by atoms with Crippen LogP contribution in [0.2, 0.25) is 0 Å². The van der Waals surface area contributed by atoms with Crippen LogP contribution in [0.3, 0.4) is 0 Å². The van der Waals surface area contributed by atoms with Crippen LogP contribution in [-0.4, -0.2) is 32.2 Å². The van der Waals surface area contributed by atoms with Crippen molar-refractivity contribution in [1.29, 1.82) is 0 Å². The first-order chi connectivity index (χ1) is 11.6. The van der Waals surface area contributed by atoms with E-state index in [9.17, 15) is 4.79 Å². The molecule has 6 heteroatoms. The molecule has 24 heavy (non-hydrogen) atoms. The Morgan fingerprint density at radius 3 is 2.46 bits per heavy atom. The maximum Gasteiger partial charge on any atom is 0.224 e. The van der Waals surface area contributed by atoms with Gasteiger partial charge in [-0.2, -0.15) is 0 Å². The lowest BCUT2D eigenvalue weighted by atomic mass is 9.93. The molecular formula is C18H27BrN2O3. The minimum absolute atomic E-state index is 0.0424. The molecule has 1 aromatic rings. The summed E-state index contributed by atoms with van der Waals surface area (Å²) < 4.78 is 12.0. The third-order valence-corrected chi connectivity index (χ3v) is 4.80. The normalized spacial score (nSPS) is 15.1. The van der Waals surface area contributed by atoms with Gasteiger partial charge < -0.3 is 20.1 Å². The molecule has 0 unspecified atom stereocenters. The average molecular weight is 399 g/mol. The number of benzene rings is 1. The lowest BCUT2D eigenvalue weighted by Crippen LogP contribution is -2.28. The number of hydrogen-bond donors (Lipinski definition) is 2. The molecule has 1 heterocycles. The zero-order valence-electron chi connectivity index (χ0n) is 14.5. The highest BCUT2D eigenvalue weighted by Crippen LogP contribution is 2.37. The topological polar surface area (TPSA) is 59.6 Å². The number of halogens is 1. The van der Waals surface area contributed by atoms with Crippen LogP contribution >= 0.6 is 15.9 Å². The molecule has 1 fully saturated rings. The van der Waals surface area contributed by atoms with Crippen molar-refractivity contribution in [2.45, 2.75) is 39.5 Å². The molecule has 0 radical (unpaired) electrons. The Labute approximate surface area is 152 Å². The van der Waals surface area contributed by atoms with Crippen LogP contribution in [0.5, 0.6) is 11.5 Å². The van der Waals surface area contributed by atoms with Gasteiger partial charge in [0.1, 0.15) is 0 Å². The number of anilines is 1. The summed E-state index contributed by atoms with van der Waals surface area (Å²) in [5, 5.41) is 6.33. The van der Waals surface area contributed by atoms with Gasteiger partial charge in [0.05, 0.1) is 18.9 Å². The summed E-state index contributed by atoms with van der Waals surface area (Å²) in [6, 6.07) is 3.66. The highest BCUT2D eigenvalue weighted by atomic mass is 79.9. The monoisotopic (exact) mass is 398 g/mol. The lowest BCUT2D eigenvalue weighted by Gasteiger charge is -2.22. The second-order valence-electron chi connectivity index (χ2n) is 5.93. The SMILES string of the molecule is CCOc1cc(Br)c(NC(=O)CCC2CCNCC2)cc1OCC. The minimum Gasteiger partial charge on any atom is -0.490 e. The molecule has 0 atom stereocenters. The third-order valence-electron chi connectivity index (χ3n) is 4.15. The molecule has 0 aromatic heterocycles. The molecule has 1 saturated heterocycles. The first-order valence-electron chi connectivity index (χ1n) is 8.73. The Bertz CT molecular complexity index is 545. The van der Waals surface area contributed by atoms with Crippen LogP contribution in [0.15, 0.2) is 16.6 Å². The van der Waals surface area contributed by atoms with Crippen molar-refractivity contribution in [3.8, 4) is 11.5 Å². The zero-order valence-corrected chi connectivity index (χ0v) is 16.1. The van der Waals surface area contributed by atoms with Gasteiger partial charge in [-0.3, -0.25) is 4.79 Å². The smallest absolute Gasteiger partial charge is 0.224 e. The van der Waals surface area contributed by atoms with E-state index in [0.717, 1.165) is 42.5 Å². The van der Waals surface area contributed by atoms with Gasteiger partial charge in [-0.05, 0) is 68.0 Å². The molecule has 0 bridgehead atoms. The summed E-state index contributed by atoms with van der Waals surface area (Å²) in [5.41, 5.74) is 0.720. The van der Waals surface area contributed by atoms with E-state index in [2.05, 4.69) is 26.6 Å². The maximum atomic E-state index is 12.3. The number of carbonyl (C=O) groups excluding carboxylic acids is 1. The number of amides is 1. The van der Waals surface area contributed by atoms with Crippen molar-refractivity contribution in [1.82, 2.24) is 5.32 Å². The van der Waals surface area contributed by atoms with Gasteiger partial charge in [-0.1, -0.05) is 0 Å². The van der Waals surface area contributed by atoms with Crippen LogP contribution in [0, 0.1) is 5.92 Å². The van der Waals surface area contributed by atoms with Crippen molar-refractivity contribution < 1.29 is 14.3 Å². The van der Waals surface area contributed by atoms with E-state index < -0.39 is 0 Å². The quantitative estimate of drug-likeness (QED) is 0.695. The molecule has 2 rings (SSSR count). The molecule has 2 N–H and O–H groups in total. The molecule has 1 aliphatic heterocycles. The Morgan fingerprint density at radius 1 is 1.21 bits per heavy atom. The van der Waals surface area contributed by atoms with Crippen LogP contribution in [-0.2, 0) is 4.79 Å².